The summed E-state index contributed by atoms with van der Waals surface area (Å²) in [7, 11) is 0. The maximum atomic E-state index is 6.03. The van der Waals surface area contributed by atoms with Crippen LogP contribution in [0.5, 0.6) is 0 Å². The Labute approximate surface area is 415 Å². The molecule has 0 saturated carbocycles. The van der Waals surface area contributed by atoms with E-state index in [9.17, 15) is 0 Å². The minimum absolute atomic E-state index is 0.416. The molecule has 0 amide bonds. The Morgan fingerprint density at radius 2 is 0.672 bits per heavy atom. The molecule has 0 bridgehead atoms. The molecule has 0 aliphatic heterocycles. The van der Waals surface area contributed by atoms with Gasteiger partial charge in [-0.1, -0.05) is 182 Å². The maximum absolute atomic E-state index is 6.03. The lowest BCUT2D eigenvalue weighted by atomic mass is 9.79. The summed E-state index contributed by atoms with van der Waals surface area (Å²) in [6.45, 7) is 53.9. The molecule has 0 aliphatic rings. The third kappa shape index (κ3) is 19.2. The molecule has 0 heterocycles. The van der Waals surface area contributed by atoms with Crippen LogP contribution in [0.2, 0.25) is 0 Å². The van der Waals surface area contributed by atoms with Crippen LogP contribution >= 0.6 is 0 Å². The van der Waals surface area contributed by atoms with Crippen molar-refractivity contribution in [1.82, 2.24) is 0 Å². The van der Waals surface area contributed by atoms with E-state index in [1.165, 1.54) is 117 Å². The molecule has 0 radical (unpaired) electrons. The summed E-state index contributed by atoms with van der Waals surface area (Å²) in [5.41, 5.74) is 29.8. The number of rotatable bonds is 5. The molecular formula is C67H96. The van der Waals surface area contributed by atoms with Gasteiger partial charge in [0.2, 0.25) is 0 Å². The van der Waals surface area contributed by atoms with E-state index >= 15 is 0 Å². The molecule has 0 aliphatic carbocycles. The molecular weight excluding hydrogens is 805 g/mol. The van der Waals surface area contributed by atoms with Crippen LogP contribution in [0.15, 0.2) is 84.9 Å². The van der Waals surface area contributed by atoms with Crippen molar-refractivity contribution in [3.63, 3.8) is 0 Å². The summed E-state index contributed by atoms with van der Waals surface area (Å²) in [4.78, 5) is 0. The molecule has 0 nitrogen and oxygen atoms in total. The molecule has 364 valence electrons. The number of aryl methyl sites for hydroxylation is 14. The van der Waals surface area contributed by atoms with Crippen LogP contribution in [0, 0.1) is 116 Å². The van der Waals surface area contributed by atoms with Crippen LogP contribution in [0.3, 0.4) is 0 Å². The lowest BCUT2D eigenvalue weighted by Crippen LogP contribution is -2.06. The molecule has 0 unspecified atom stereocenters. The zero-order valence-electron chi connectivity index (χ0n) is 47.7. The van der Waals surface area contributed by atoms with Gasteiger partial charge in [-0.05, 0) is 218 Å². The van der Waals surface area contributed by atoms with Crippen molar-refractivity contribution in [2.24, 2.45) is 0 Å². The van der Waals surface area contributed by atoms with E-state index in [1.807, 2.05) is 27.7 Å². The first-order valence-corrected chi connectivity index (χ1v) is 25.4. The van der Waals surface area contributed by atoms with Gasteiger partial charge in [0.05, 0.1) is 0 Å². The van der Waals surface area contributed by atoms with Crippen molar-refractivity contribution in [2.75, 3.05) is 0 Å². The van der Waals surface area contributed by atoms with Crippen molar-refractivity contribution >= 4 is 0 Å². The summed E-state index contributed by atoms with van der Waals surface area (Å²) in [5.74, 6) is 3.95. The third-order valence-corrected chi connectivity index (χ3v) is 12.7. The third-order valence-electron chi connectivity index (χ3n) is 12.7. The zero-order chi connectivity index (χ0) is 51.9. The van der Waals surface area contributed by atoms with E-state index in [1.54, 1.807) is 0 Å². The summed E-state index contributed by atoms with van der Waals surface area (Å²) in [5, 5.41) is 0. The monoisotopic (exact) mass is 901 g/mol. The van der Waals surface area contributed by atoms with Crippen LogP contribution in [0.25, 0.3) is 11.1 Å². The molecule has 0 fully saturated rings. The van der Waals surface area contributed by atoms with Gasteiger partial charge in [-0.15, -0.1) is 6.42 Å². The van der Waals surface area contributed by atoms with Crippen molar-refractivity contribution < 1.29 is 0 Å². The van der Waals surface area contributed by atoms with Gasteiger partial charge >= 0.3 is 0 Å². The quantitative estimate of drug-likeness (QED) is 0.151. The second kappa shape index (κ2) is 31.0. The van der Waals surface area contributed by atoms with Crippen molar-refractivity contribution in [3.8, 4) is 23.5 Å². The fraction of sp³-hybridized carbons (Fsp3) is 0.433. The van der Waals surface area contributed by atoms with Gasteiger partial charge in [-0.2, -0.15) is 0 Å². The summed E-state index contributed by atoms with van der Waals surface area (Å²) < 4.78 is 0. The first-order chi connectivity index (χ1) is 31.5. The largest absolute Gasteiger partial charge is 0.115 e. The molecule has 6 rings (SSSR count). The van der Waals surface area contributed by atoms with E-state index in [0.29, 0.717) is 11.8 Å². The Bertz CT molecular complexity index is 2370. The molecule has 0 spiro atoms. The van der Waals surface area contributed by atoms with Gasteiger partial charge in [0.1, 0.15) is 0 Å². The van der Waals surface area contributed by atoms with Crippen LogP contribution in [0.1, 0.15) is 192 Å². The van der Waals surface area contributed by atoms with E-state index in [0.717, 1.165) is 18.4 Å². The molecule has 0 N–H and O–H groups in total. The Kier molecular flexibility index (Phi) is 28.7. The predicted octanol–water partition coefficient (Wildman–Crippen LogP) is 20.1. The van der Waals surface area contributed by atoms with Crippen LogP contribution in [0.4, 0.5) is 0 Å². The molecule has 6 aromatic rings. The number of benzene rings is 6. The highest BCUT2D eigenvalue weighted by molar-refractivity contribution is 5.83. The van der Waals surface area contributed by atoms with E-state index < -0.39 is 0 Å². The molecule has 0 saturated heterocycles. The summed E-state index contributed by atoms with van der Waals surface area (Å²) >= 11 is 0. The van der Waals surface area contributed by atoms with Gasteiger partial charge in [0.15, 0.2) is 0 Å². The number of hydrogen-bond donors (Lipinski definition) is 0. The predicted molar refractivity (Wildman–Crippen MR) is 306 cm³/mol. The Morgan fingerprint density at radius 1 is 0.358 bits per heavy atom. The number of terminal acetylenes is 1. The van der Waals surface area contributed by atoms with Crippen LogP contribution in [-0.2, 0) is 12.8 Å². The van der Waals surface area contributed by atoms with Gasteiger partial charge in [0.25, 0.3) is 0 Å². The standard InChI is InChI=1S/C25H32.2C10H14.2C9H12.2C2H6/c1-11-21-23(15(4)5)13-17(7)19(9)25(21)24-18(8)16(6)12-22(14(2)3)20(24)10;2*1-4-10-6-5-8(2)7-9(10)3;2*1-7-4-5-8(2)9(3)6-7;2*1-2/h1,12-15H,2-10H3;2*5-7H,4H2,1-3H3;2*4-6H,1-3H3;2*1-2H3. The molecule has 0 heteroatoms. The van der Waals surface area contributed by atoms with Gasteiger partial charge in [-0.25, -0.2) is 0 Å². The maximum Gasteiger partial charge on any atom is 0.0358 e. The zero-order valence-corrected chi connectivity index (χ0v) is 47.7. The van der Waals surface area contributed by atoms with Gasteiger partial charge < -0.3 is 0 Å². The molecule has 6 aromatic carbocycles. The van der Waals surface area contributed by atoms with E-state index in [2.05, 4.69) is 236 Å². The minimum Gasteiger partial charge on any atom is -0.115 e. The fourth-order valence-corrected chi connectivity index (χ4v) is 8.18. The highest BCUT2D eigenvalue weighted by Crippen LogP contribution is 2.41. The normalized spacial score (nSPS) is 9.94. The first kappa shape index (κ1) is 61.9. The van der Waals surface area contributed by atoms with Crippen LogP contribution < -0.4 is 0 Å². The van der Waals surface area contributed by atoms with Crippen molar-refractivity contribution in [1.29, 1.82) is 0 Å². The lowest BCUT2D eigenvalue weighted by molar-refractivity contribution is 0.852. The summed E-state index contributed by atoms with van der Waals surface area (Å²) in [6.07, 6.45) is 8.32. The average molecular weight is 902 g/mol. The van der Waals surface area contributed by atoms with E-state index in [-0.39, 0.29) is 0 Å². The van der Waals surface area contributed by atoms with Crippen molar-refractivity contribution in [2.45, 2.75) is 198 Å². The second-order valence-electron chi connectivity index (χ2n) is 18.8. The van der Waals surface area contributed by atoms with E-state index in [4.69, 9.17) is 6.42 Å². The Hall–Kier alpha value is -5.12. The Morgan fingerprint density at radius 3 is 0.955 bits per heavy atom. The second-order valence-corrected chi connectivity index (χ2v) is 18.8. The molecule has 67 heavy (non-hydrogen) atoms. The topological polar surface area (TPSA) is 0 Å². The van der Waals surface area contributed by atoms with Gasteiger partial charge in [0, 0.05) is 11.1 Å². The highest BCUT2D eigenvalue weighted by Gasteiger charge is 2.22. The number of hydrogen-bond acceptors (Lipinski definition) is 0. The van der Waals surface area contributed by atoms with Crippen molar-refractivity contribution in [3.05, 3.63) is 196 Å². The van der Waals surface area contributed by atoms with Gasteiger partial charge in [-0.3, -0.25) is 0 Å². The SMILES string of the molecule is C#Cc1c(C(C)C)cc(C)c(C)c1-c1c(C)c(C)cc(C(C)C)c1C.CC.CC.CCc1ccc(C)cc1C.CCc1ccc(C)cc1C.Cc1ccc(C)c(C)c1.Cc1ccc(C)c(C)c1. The lowest BCUT2D eigenvalue weighted by Gasteiger charge is -2.24. The minimum atomic E-state index is 0.416. The Balaban J connectivity index is 0.000000865. The highest BCUT2D eigenvalue weighted by atomic mass is 14.3. The average Bonchev–Trinajstić information content (AvgIpc) is 3.28. The fourth-order valence-electron chi connectivity index (χ4n) is 8.18. The van der Waals surface area contributed by atoms with Crippen LogP contribution in [-0.4, -0.2) is 0 Å². The smallest absolute Gasteiger partial charge is 0.0358 e. The summed E-state index contributed by atoms with van der Waals surface area (Å²) in [6, 6.07) is 30.9. The molecule has 0 atom stereocenters. The molecule has 0 aromatic heterocycles. The first-order valence-electron chi connectivity index (χ1n) is 25.4.